The minimum atomic E-state index is -0.325. The Morgan fingerprint density at radius 1 is 1.11 bits per heavy atom. The van der Waals surface area contributed by atoms with Crippen LogP contribution in [0.25, 0.3) is 0 Å². The Morgan fingerprint density at radius 3 is 2.36 bits per heavy atom. The minimum absolute atomic E-state index is 0.0824. The molecular weight excluding hydrogens is 350 g/mol. The van der Waals surface area contributed by atoms with Gasteiger partial charge in [0, 0.05) is 50.1 Å². The highest BCUT2D eigenvalue weighted by Gasteiger charge is 2.32. The van der Waals surface area contributed by atoms with E-state index in [9.17, 15) is 10.1 Å². The van der Waals surface area contributed by atoms with Gasteiger partial charge in [0.05, 0.1) is 12.1 Å². The average Bonchev–Trinajstić information content (AvgIpc) is 2.76. The number of pyridine rings is 1. The molecule has 3 atom stereocenters. The molecule has 1 saturated heterocycles. The number of nitrogens with one attached hydrogen (secondary N) is 1. The monoisotopic (exact) mass is 377 g/mol. The van der Waals surface area contributed by atoms with Gasteiger partial charge in [-0.05, 0) is 18.7 Å². The van der Waals surface area contributed by atoms with E-state index in [4.69, 9.17) is 0 Å². The lowest BCUT2D eigenvalue weighted by Crippen LogP contribution is -2.55. The van der Waals surface area contributed by atoms with Crippen molar-refractivity contribution in [2.45, 2.75) is 24.9 Å². The van der Waals surface area contributed by atoms with Crippen LogP contribution in [0.15, 0.2) is 54.9 Å². The minimum Gasteiger partial charge on any atom is -0.339 e. The van der Waals surface area contributed by atoms with Crippen molar-refractivity contribution in [1.29, 1.82) is 5.26 Å². The number of hydrogen-bond acceptors (Lipinski definition) is 5. The fourth-order valence-electron chi connectivity index (χ4n) is 3.84. The van der Waals surface area contributed by atoms with E-state index in [1.165, 1.54) is 0 Å². The molecule has 0 bridgehead atoms. The zero-order valence-corrected chi connectivity index (χ0v) is 16.5. The number of piperazine rings is 1. The molecule has 1 aromatic heterocycles. The summed E-state index contributed by atoms with van der Waals surface area (Å²) in [5.41, 5.74) is 2.05. The summed E-state index contributed by atoms with van der Waals surface area (Å²) >= 11 is 0. The number of carbonyl (C=O) groups is 1. The van der Waals surface area contributed by atoms with Gasteiger partial charge in [-0.2, -0.15) is 5.26 Å². The maximum absolute atomic E-state index is 13.1. The average molecular weight is 377 g/mol. The van der Waals surface area contributed by atoms with Crippen LogP contribution in [0.3, 0.4) is 0 Å². The van der Waals surface area contributed by atoms with Crippen LogP contribution in [0.2, 0.25) is 0 Å². The van der Waals surface area contributed by atoms with Gasteiger partial charge in [0.15, 0.2) is 0 Å². The van der Waals surface area contributed by atoms with Crippen molar-refractivity contribution in [3.8, 4) is 6.07 Å². The highest BCUT2D eigenvalue weighted by atomic mass is 16.2. The molecule has 1 aliphatic heterocycles. The quantitative estimate of drug-likeness (QED) is 0.835. The molecule has 1 amide bonds. The molecule has 0 spiro atoms. The largest absolute Gasteiger partial charge is 0.339 e. The topological polar surface area (TPSA) is 72.3 Å². The number of amides is 1. The molecule has 1 aliphatic rings. The fourth-order valence-corrected chi connectivity index (χ4v) is 3.84. The third-order valence-electron chi connectivity index (χ3n) is 5.52. The van der Waals surface area contributed by atoms with Gasteiger partial charge in [0.2, 0.25) is 5.91 Å². The highest BCUT2D eigenvalue weighted by Crippen LogP contribution is 2.23. The van der Waals surface area contributed by atoms with Crippen LogP contribution in [0.5, 0.6) is 0 Å². The van der Waals surface area contributed by atoms with E-state index in [-0.39, 0.29) is 23.9 Å². The molecule has 2 heterocycles. The van der Waals surface area contributed by atoms with E-state index in [1.54, 1.807) is 12.4 Å². The molecule has 0 saturated carbocycles. The summed E-state index contributed by atoms with van der Waals surface area (Å²) < 4.78 is 0. The van der Waals surface area contributed by atoms with Gasteiger partial charge in [-0.3, -0.25) is 14.7 Å². The van der Waals surface area contributed by atoms with Gasteiger partial charge < -0.3 is 10.2 Å². The van der Waals surface area contributed by atoms with Crippen LogP contribution < -0.4 is 5.32 Å². The summed E-state index contributed by atoms with van der Waals surface area (Å²) in [7, 11) is 1.84. The molecule has 1 N–H and O–H groups in total. The summed E-state index contributed by atoms with van der Waals surface area (Å²) in [4.78, 5) is 21.3. The first kappa shape index (κ1) is 20.0. The first-order valence-electron chi connectivity index (χ1n) is 9.70. The lowest BCUT2D eigenvalue weighted by molar-refractivity contribution is -0.135. The smallest absolute Gasteiger partial charge is 0.240 e. The zero-order chi connectivity index (χ0) is 19.9. The molecule has 1 aromatic carbocycles. The summed E-state index contributed by atoms with van der Waals surface area (Å²) in [6.45, 7) is 4.68. The lowest BCUT2D eigenvalue weighted by atomic mass is 9.92. The van der Waals surface area contributed by atoms with Crippen LogP contribution in [0.4, 0.5) is 0 Å². The number of nitrogens with zero attached hydrogens (tertiary/aromatic N) is 4. The van der Waals surface area contributed by atoms with Crippen molar-refractivity contribution < 1.29 is 4.79 Å². The van der Waals surface area contributed by atoms with Crippen molar-refractivity contribution in [2.75, 3.05) is 33.2 Å². The number of carbonyl (C=O) groups excluding carboxylic acids is 1. The molecule has 6 heteroatoms. The third kappa shape index (κ3) is 4.38. The second-order valence-corrected chi connectivity index (χ2v) is 7.14. The van der Waals surface area contributed by atoms with Gasteiger partial charge in [-0.15, -0.1) is 0 Å². The van der Waals surface area contributed by atoms with Crippen molar-refractivity contribution in [3.63, 3.8) is 0 Å². The number of likely N-dealkylation sites (N-methyl/N-ethyl adjacent to an activating group) is 1. The molecule has 146 valence electrons. The normalized spacial score (nSPS) is 18.1. The van der Waals surface area contributed by atoms with Crippen LogP contribution in [-0.4, -0.2) is 60.0 Å². The predicted molar refractivity (Wildman–Crippen MR) is 108 cm³/mol. The first-order chi connectivity index (χ1) is 13.7. The SMILES string of the molecule is CNC(C(=O)N1CCN(C(C#N)c2cccnc2)CC1)C(C)c1ccccc1. The van der Waals surface area contributed by atoms with E-state index in [0.29, 0.717) is 26.2 Å². The summed E-state index contributed by atoms with van der Waals surface area (Å²) in [6, 6.07) is 15.7. The fraction of sp³-hybridized carbons (Fsp3) is 0.409. The summed E-state index contributed by atoms with van der Waals surface area (Å²) in [6.07, 6.45) is 3.45. The second kappa shape index (κ2) is 9.45. The molecule has 2 aromatic rings. The van der Waals surface area contributed by atoms with Crippen LogP contribution in [-0.2, 0) is 4.79 Å². The molecule has 28 heavy (non-hydrogen) atoms. The van der Waals surface area contributed by atoms with Gasteiger partial charge in [0.1, 0.15) is 6.04 Å². The van der Waals surface area contributed by atoms with E-state index in [0.717, 1.165) is 11.1 Å². The third-order valence-corrected chi connectivity index (χ3v) is 5.52. The lowest BCUT2D eigenvalue weighted by Gasteiger charge is -2.39. The van der Waals surface area contributed by atoms with Crippen LogP contribution >= 0.6 is 0 Å². The van der Waals surface area contributed by atoms with Gasteiger partial charge in [-0.25, -0.2) is 0 Å². The van der Waals surface area contributed by atoms with Gasteiger partial charge in [0.25, 0.3) is 0 Å². The molecule has 6 nitrogen and oxygen atoms in total. The van der Waals surface area contributed by atoms with E-state index < -0.39 is 0 Å². The van der Waals surface area contributed by atoms with E-state index in [2.05, 4.69) is 40.3 Å². The van der Waals surface area contributed by atoms with Crippen molar-refractivity contribution in [3.05, 3.63) is 66.0 Å². The number of benzene rings is 1. The Bertz CT molecular complexity index is 797. The van der Waals surface area contributed by atoms with Crippen LogP contribution in [0.1, 0.15) is 30.0 Å². The van der Waals surface area contributed by atoms with Crippen molar-refractivity contribution in [2.24, 2.45) is 0 Å². The summed E-state index contributed by atoms with van der Waals surface area (Å²) in [5, 5.41) is 12.8. The van der Waals surface area contributed by atoms with Crippen molar-refractivity contribution in [1.82, 2.24) is 20.1 Å². The predicted octanol–water partition coefficient (Wildman–Crippen LogP) is 2.18. The molecule has 3 unspecified atom stereocenters. The zero-order valence-electron chi connectivity index (χ0n) is 16.5. The first-order valence-corrected chi connectivity index (χ1v) is 9.70. The summed E-state index contributed by atoms with van der Waals surface area (Å²) in [5.74, 6) is 0.201. The van der Waals surface area contributed by atoms with E-state index >= 15 is 0 Å². The Morgan fingerprint density at radius 2 is 1.79 bits per heavy atom. The van der Waals surface area contributed by atoms with Crippen molar-refractivity contribution >= 4 is 5.91 Å². The maximum Gasteiger partial charge on any atom is 0.240 e. The Labute approximate surface area is 166 Å². The van der Waals surface area contributed by atoms with E-state index in [1.807, 2.05) is 42.3 Å². The Hall–Kier alpha value is -2.75. The molecule has 0 radical (unpaired) electrons. The number of aromatic nitrogens is 1. The Balaban J connectivity index is 1.63. The van der Waals surface area contributed by atoms with Crippen LogP contribution in [0, 0.1) is 11.3 Å². The Kier molecular flexibility index (Phi) is 6.75. The standard InChI is InChI=1S/C22H27N5O/c1-17(18-7-4-3-5-8-18)21(24-2)22(28)27-13-11-26(12-14-27)20(15-23)19-9-6-10-25-16-19/h3-10,16-17,20-21,24H,11-14H2,1-2H3. The number of hydrogen-bond donors (Lipinski definition) is 1. The molecule has 1 fully saturated rings. The molecular formula is C22H27N5O. The number of rotatable bonds is 6. The maximum atomic E-state index is 13.1. The highest BCUT2D eigenvalue weighted by molar-refractivity contribution is 5.83. The van der Waals surface area contributed by atoms with Gasteiger partial charge in [-0.1, -0.05) is 43.3 Å². The van der Waals surface area contributed by atoms with Gasteiger partial charge >= 0.3 is 0 Å². The number of nitriles is 1. The molecule has 3 rings (SSSR count). The second-order valence-electron chi connectivity index (χ2n) is 7.14. The molecule has 0 aliphatic carbocycles.